The van der Waals surface area contributed by atoms with Gasteiger partial charge in [0.05, 0.1) is 11.5 Å². The number of sulfonamides is 1. The lowest BCUT2D eigenvalue weighted by atomic mass is 10.0. The lowest BCUT2D eigenvalue weighted by Gasteiger charge is -2.07. The average Bonchev–Trinajstić information content (AvgIpc) is 3.30. The van der Waals surface area contributed by atoms with Gasteiger partial charge in [0.25, 0.3) is 0 Å². The minimum absolute atomic E-state index is 0.197. The molecule has 0 saturated carbocycles. The fourth-order valence-corrected chi connectivity index (χ4v) is 4.67. The second-order valence-corrected chi connectivity index (χ2v) is 9.51. The van der Waals surface area contributed by atoms with Crippen LogP contribution in [0.3, 0.4) is 0 Å². The van der Waals surface area contributed by atoms with Gasteiger partial charge in [-0.2, -0.15) is 0 Å². The summed E-state index contributed by atoms with van der Waals surface area (Å²) >= 11 is 0. The highest BCUT2D eigenvalue weighted by atomic mass is 32.2. The number of rotatable bonds is 8. The zero-order valence-electron chi connectivity index (χ0n) is 18.4. The molecular weight excluding hydrogens is 436 g/mol. The molecular formula is C26H26N2O4S. The Kier molecular flexibility index (Phi) is 6.91. The van der Waals surface area contributed by atoms with Gasteiger partial charge in [-0.3, -0.25) is 4.79 Å². The van der Waals surface area contributed by atoms with E-state index in [9.17, 15) is 13.2 Å². The molecule has 3 aromatic carbocycles. The van der Waals surface area contributed by atoms with Crippen LogP contribution in [0.1, 0.15) is 23.6 Å². The highest BCUT2D eigenvalue weighted by Gasteiger charge is 2.13. The van der Waals surface area contributed by atoms with E-state index < -0.39 is 10.0 Å². The first-order chi connectivity index (χ1) is 15.9. The lowest BCUT2D eigenvalue weighted by molar-refractivity contribution is -0.116. The number of ether oxygens (including phenoxy) is 1. The summed E-state index contributed by atoms with van der Waals surface area (Å²) in [4.78, 5) is 12.4. The van der Waals surface area contributed by atoms with E-state index in [1.807, 2.05) is 18.2 Å². The van der Waals surface area contributed by atoms with Gasteiger partial charge in [-0.1, -0.05) is 49.4 Å². The molecule has 0 spiro atoms. The number of benzene rings is 3. The summed E-state index contributed by atoms with van der Waals surface area (Å²) in [5, 5.41) is 2.87. The Balaban J connectivity index is 1.31. The van der Waals surface area contributed by atoms with Crippen LogP contribution in [-0.2, 0) is 27.8 Å². The van der Waals surface area contributed by atoms with Crippen molar-refractivity contribution in [2.45, 2.75) is 24.8 Å². The van der Waals surface area contributed by atoms with Crippen molar-refractivity contribution in [2.75, 3.05) is 13.2 Å². The molecule has 170 valence electrons. The third kappa shape index (κ3) is 5.69. The number of carbonyl (C=O) groups excluding carboxylic acids is 1. The van der Waals surface area contributed by atoms with Gasteiger partial charge in [-0.25, -0.2) is 13.1 Å². The molecule has 2 N–H and O–H groups in total. The number of amides is 1. The predicted octanol–water partition coefficient (Wildman–Crippen LogP) is 3.92. The van der Waals surface area contributed by atoms with Crippen LogP contribution in [0.5, 0.6) is 5.75 Å². The number of carbonyl (C=O) groups is 1. The topological polar surface area (TPSA) is 84.5 Å². The SMILES string of the molecule is CCNS(=O)(=O)c1ccc(/C=C/C(=O)NCc2ccc(-c3ccc4c(c3)CCO4)cc2)cc1. The van der Waals surface area contributed by atoms with E-state index in [-0.39, 0.29) is 10.8 Å². The van der Waals surface area contributed by atoms with Gasteiger partial charge in [0.1, 0.15) is 5.75 Å². The molecule has 33 heavy (non-hydrogen) atoms. The van der Waals surface area contributed by atoms with Gasteiger partial charge in [0.15, 0.2) is 0 Å². The van der Waals surface area contributed by atoms with Crippen LogP contribution < -0.4 is 14.8 Å². The van der Waals surface area contributed by atoms with Gasteiger partial charge in [0.2, 0.25) is 15.9 Å². The number of hydrogen-bond donors (Lipinski definition) is 2. The van der Waals surface area contributed by atoms with E-state index in [1.165, 1.54) is 23.8 Å². The summed E-state index contributed by atoms with van der Waals surface area (Å²) in [6, 6.07) is 20.7. The minimum atomic E-state index is -3.48. The largest absolute Gasteiger partial charge is 0.493 e. The van der Waals surface area contributed by atoms with Crippen molar-refractivity contribution in [3.63, 3.8) is 0 Å². The van der Waals surface area contributed by atoms with Crippen molar-refractivity contribution < 1.29 is 17.9 Å². The van der Waals surface area contributed by atoms with Crippen molar-refractivity contribution in [1.82, 2.24) is 10.0 Å². The first kappa shape index (κ1) is 22.8. The Morgan fingerprint density at radius 3 is 2.45 bits per heavy atom. The summed E-state index contributed by atoms with van der Waals surface area (Å²) in [5.74, 6) is 0.752. The molecule has 1 heterocycles. The Morgan fingerprint density at radius 1 is 1.00 bits per heavy atom. The van der Waals surface area contributed by atoms with Crippen molar-refractivity contribution in [1.29, 1.82) is 0 Å². The second-order valence-electron chi connectivity index (χ2n) is 7.74. The van der Waals surface area contributed by atoms with Crippen LogP contribution in [-0.4, -0.2) is 27.5 Å². The molecule has 0 fully saturated rings. The Hall–Kier alpha value is -3.42. The Bertz CT molecular complexity index is 1260. The smallest absolute Gasteiger partial charge is 0.244 e. The monoisotopic (exact) mass is 462 g/mol. The quantitative estimate of drug-likeness (QED) is 0.497. The predicted molar refractivity (Wildman–Crippen MR) is 129 cm³/mol. The van der Waals surface area contributed by atoms with E-state index in [0.717, 1.165) is 41.0 Å². The molecule has 0 aromatic heterocycles. The Labute approximate surface area is 194 Å². The summed E-state index contributed by atoms with van der Waals surface area (Å²) in [5.41, 5.74) is 5.26. The van der Waals surface area contributed by atoms with E-state index in [1.54, 1.807) is 25.1 Å². The molecule has 4 rings (SSSR count). The van der Waals surface area contributed by atoms with Crippen molar-refractivity contribution in [3.8, 4) is 16.9 Å². The third-order valence-electron chi connectivity index (χ3n) is 5.40. The number of nitrogens with one attached hydrogen (secondary N) is 2. The van der Waals surface area contributed by atoms with Crippen LogP contribution in [0.25, 0.3) is 17.2 Å². The number of fused-ring (bicyclic) bond motifs is 1. The van der Waals surface area contributed by atoms with E-state index in [4.69, 9.17) is 4.74 Å². The summed E-state index contributed by atoms with van der Waals surface area (Å²) in [6.45, 7) is 3.22. The van der Waals surface area contributed by atoms with Crippen LogP contribution in [0.2, 0.25) is 0 Å². The maximum Gasteiger partial charge on any atom is 0.244 e. The standard InChI is InChI=1S/C26H26N2O4S/c1-2-28-33(30,31)24-11-5-19(6-12-24)7-14-26(29)27-18-20-3-8-21(9-4-20)22-10-13-25-23(17-22)15-16-32-25/h3-14,17,28H,2,15-16,18H2,1H3,(H,27,29)/b14-7+. The van der Waals surface area contributed by atoms with Gasteiger partial charge in [0, 0.05) is 25.6 Å². The molecule has 1 amide bonds. The van der Waals surface area contributed by atoms with E-state index in [0.29, 0.717) is 13.1 Å². The van der Waals surface area contributed by atoms with Crippen LogP contribution in [0.4, 0.5) is 0 Å². The fraction of sp³-hybridized carbons (Fsp3) is 0.192. The second kappa shape index (κ2) is 10.0. The number of hydrogen-bond acceptors (Lipinski definition) is 4. The molecule has 7 heteroatoms. The average molecular weight is 463 g/mol. The van der Waals surface area contributed by atoms with Crippen LogP contribution in [0.15, 0.2) is 77.7 Å². The third-order valence-corrected chi connectivity index (χ3v) is 6.96. The molecule has 0 saturated heterocycles. The molecule has 1 aliphatic heterocycles. The minimum Gasteiger partial charge on any atom is -0.493 e. The normalized spacial score (nSPS) is 13.0. The molecule has 0 bridgehead atoms. The molecule has 0 unspecified atom stereocenters. The highest BCUT2D eigenvalue weighted by molar-refractivity contribution is 7.89. The van der Waals surface area contributed by atoms with Gasteiger partial charge >= 0.3 is 0 Å². The maximum absolute atomic E-state index is 12.2. The fourth-order valence-electron chi connectivity index (χ4n) is 3.63. The zero-order chi connectivity index (χ0) is 23.3. The van der Waals surface area contributed by atoms with E-state index >= 15 is 0 Å². The molecule has 0 aliphatic carbocycles. The van der Waals surface area contributed by atoms with Gasteiger partial charge < -0.3 is 10.1 Å². The molecule has 1 aliphatic rings. The maximum atomic E-state index is 12.2. The molecule has 3 aromatic rings. The summed E-state index contributed by atoms with van der Waals surface area (Å²) in [7, 11) is -3.48. The molecule has 0 atom stereocenters. The molecule has 6 nitrogen and oxygen atoms in total. The lowest BCUT2D eigenvalue weighted by Crippen LogP contribution is -2.23. The summed E-state index contributed by atoms with van der Waals surface area (Å²) < 4.78 is 32.0. The van der Waals surface area contributed by atoms with Gasteiger partial charge in [-0.05, 0) is 58.2 Å². The van der Waals surface area contributed by atoms with Crippen molar-refractivity contribution in [3.05, 3.63) is 89.5 Å². The van der Waals surface area contributed by atoms with Crippen molar-refractivity contribution in [2.24, 2.45) is 0 Å². The summed E-state index contributed by atoms with van der Waals surface area (Å²) in [6.07, 6.45) is 4.04. The van der Waals surface area contributed by atoms with Gasteiger partial charge in [-0.15, -0.1) is 0 Å². The van der Waals surface area contributed by atoms with Crippen LogP contribution in [0, 0.1) is 0 Å². The highest BCUT2D eigenvalue weighted by Crippen LogP contribution is 2.30. The Morgan fingerprint density at radius 2 is 1.73 bits per heavy atom. The van der Waals surface area contributed by atoms with Crippen LogP contribution >= 0.6 is 0 Å². The zero-order valence-corrected chi connectivity index (χ0v) is 19.2. The first-order valence-electron chi connectivity index (χ1n) is 10.9. The first-order valence-corrected chi connectivity index (χ1v) is 12.3. The van der Waals surface area contributed by atoms with E-state index in [2.05, 4.69) is 34.3 Å². The van der Waals surface area contributed by atoms with Crippen molar-refractivity contribution >= 4 is 22.0 Å². The molecule has 0 radical (unpaired) electrons.